The van der Waals surface area contributed by atoms with Crippen LogP contribution in [0, 0.1) is 6.92 Å². The zero-order valence-electron chi connectivity index (χ0n) is 13.7. The first kappa shape index (κ1) is 15.9. The second-order valence-electron chi connectivity index (χ2n) is 6.35. The fraction of sp³-hybridized carbons (Fsp3) is 0.500. The third kappa shape index (κ3) is 4.26. The number of Topliss-reactive ketones (excluding diaryl/α,β-unsaturated/α-hetero) is 1. The van der Waals surface area contributed by atoms with Crippen LogP contribution in [0.2, 0.25) is 0 Å². The van der Waals surface area contributed by atoms with E-state index in [0.29, 0.717) is 12.5 Å². The van der Waals surface area contributed by atoms with Crippen LogP contribution in [0.15, 0.2) is 36.7 Å². The molecule has 5 nitrogen and oxygen atoms in total. The number of nitrogens with zero attached hydrogens (tertiary/aromatic N) is 4. The Morgan fingerprint density at radius 2 is 2.09 bits per heavy atom. The highest BCUT2D eigenvalue weighted by Crippen LogP contribution is 2.19. The summed E-state index contributed by atoms with van der Waals surface area (Å²) in [6, 6.07) is 8.32. The van der Waals surface area contributed by atoms with Gasteiger partial charge in [-0.15, -0.1) is 5.10 Å². The molecule has 23 heavy (non-hydrogen) atoms. The summed E-state index contributed by atoms with van der Waals surface area (Å²) in [7, 11) is 0. The van der Waals surface area contributed by atoms with Crippen molar-refractivity contribution in [1.29, 1.82) is 0 Å². The van der Waals surface area contributed by atoms with Gasteiger partial charge in [-0.25, -0.2) is 0 Å². The summed E-state index contributed by atoms with van der Waals surface area (Å²) in [5.41, 5.74) is 2.01. The van der Waals surface area contributed by atoms with Gasteiger partial charge in [-0.05, 0) is 26.3 Å². The normalized spacial score (nSPS) is 18.9. The molecule has 5 heteroatoms. The molecule has 2 aromatic rings. The molecule has 1 saturated heterocycles. The van der Waals surface area contributed by atoms with Crippen molar-refractivity contribution in [1.82, 2.24) is 19.9 Å². The summed E-state index contributed by atoms with van der Waals surface area (Å²) in [6.45, 7) is 4.79. The molecule has 122 valence electrons. The van der Waals surface area contributed by atoms with Crippen LogP contribution in [0.25, 0.3) is 0 Å². The Morgan fingerprint density at radius 1 is 1.26 bits per heavy atom. The first-order valence-electron chi connectivity index (χ1n) is 8.40. The Morgan fingerprint density at radius 3 is 2.83 bits per heavy atom. The lowest BCUT2D eigenvalue weighted by atomic mass is 10.0. The summed E-state index contributed by atoms with van der Waals surface area (Å²) in [4.78, 5) is 14.8. The van der Waals surface area contributed by atoms with Crippen molar-refractivity contribution in [2.45, 2.75) is 45.2 Å². The van der Waals surface area contributed by atoms with Crippen LogP contribution in [-0.4, -0.2) is 44.8 Å². The monoisotopic (exact) mass is 312 g/mol. The minimum atomic E-state index is 0.232. The third-order valence-corrected chi connectivity index (χ3v) is 4.62. The number of aromatic nitrogens is 3. The van der Waals surface area contributed by atoms with Gasteiger partial charge in [0.15, 0.2) is 5.78 Å². The van der Waals surface area contributed by atoms with Crippen LogP contribution in [-0.2, 0) is 6.54 Å². The largest absolute Gasteiger partial charge is 0.298 e. The van der Waals surface area contributed by atoms with Gasteiger partial charge in [-0.2, -0.15) is 0 Å². The van der Waals surface area contributed by atoms with Crippen molar-refractivity contribution in [3.8, 4) is 0 Å². The van der Waals surface area contributed by atoms with Crippen LogP contribution in [0.1, 0.15) is 41.6 Å². The van der Waals surface area contributed by atoms with E-state index in [0.717, 1.165) is 25.2 Å². The molecular formula is C18H24N4O. The highest BCUT2D eigenvalue weighted by Gasteiger charge is 2.23. The van der Waals surface area contributed by atoms with Crippen molar-refractivity contribution >= 4 is 5.78 Å². The van der Waals surface area contributed by atoms with E-state index in [1.54, 1.807) is 6.20 Å². The van der Waals surface area contributed by atoms with Crippen LogP contribution in [0.4, 0.5) is 0 Å². The number of hydrogen-bond donors (Lipinski definition) is 0. The average Bonchev–Trinajstić information content (AvgIpc) is 3.07. The minimum Gasteiger partial charge on any atom is -0.298 e. The van der Waals surface area contributed by atoms with Crippen molar-refractivity contribution in [3.63, 3.8) is 0 Å². The highest BCUT2D eigenvalue weighted by molar-refractivity contribution is 5.96. The van der Waals surface area contributed by atoms with E-state index in [1.807, 2.05) is 42.1 Å². The molecule has 1 atom stereocenters. The van der Waals surface area contributed by atoms with Crippen LogP contribution in [0.3, 0.4) is 0 Å². The number of piperidine rings is 1. The van der Waals surface area contributed by atoms with E-state index in [2.05, 4.69) is 15.2 Å². The smallest absolute Gasteiger partial charge is 0.164 e. The molecule has 0 radical (unpaired) electrons. The quantitative estimate of drug-likeness (QED) is 0.770. The molecule has 0 saturated carbocycles. The van der Waals surface area contributed by atoms with Gasteiger partial charge in [0.2, 0.25) is 0 Å². The van der Waals surface area contributed by atoms with Gasteiger partial charge in [0.1, 0.15) is 0 Å². The van der Waals surface area contributed by atoms with Crippen molar-refractivity contribution in [2.75, 3.05) is 13.1 Å². The number of rotatable bonds is 6. The molecule has 2 heterocycles. The average molecular weight is 312 g/mol. The maximum Gasteiger partial charge on any atom is 0.164 e. The standard InChI is InChI=1S/C18H24N4O/c1-15-5-7-16(8-6-15)18(23)9-12-21-11-3-2-4-17(21)14-22-13-10-19-20-22/h5-8,10,13,17H,2-4,9,11-12,14H2,1H3/t17-/m1/s1. The highest BCUT2D eigenvalue weighted by atomic mass is 16.1. The minimum absolute atomic E-state index is 0.232. The Kier molecular flexibility index (Phi) is 5.18. The van der Waals surface area contributed by atoms with Crippen molar-refractivity contribution in [3.05, 3.63) is 47.8 Å². The van der Waals surface area contributed by atoms with Crippen LogP contribution < -0.4 is 0 Å². The second kappa shape index (κ2) is 7.51. The van der Waals surface area contributed by atoms with E-state index in [9.17, 15) is 4.79 Å². The molecule has 0 bridgehead atoms. The van der Waals surface area contributed by atoms with Gasteiger partial charge in [-0.3, -0.25) is 14.4 Å². The lowest BCUT2D eigenvalue weighted by molar-refractivity contribution is 0.0907. The number of carbonyl (C=O) groups excluding carboxylic acids is 1. The molecule has 3 rings (SSSR count). The lowest BCUT2D eigenvalue weighted by Gasteiger charge is -2.35. The van der Waals surface area contributed by atoms with Gasteiger partial charge >= 0.3 is 0 Å². The Hall–Kier alpha value is -2.01. The van der Waals surface area contributed by atoms with Gasteiger partial charge in [0.25, 0.3) is 0 Å². The number of benzene rings is 1. The Labute approximate surface area is 137 Å². The zero-order valence-corrected chi connectivity index (χ0v) is 13.7. The molecule has 1 aliphatic rings. The van der Waals surface area contributed by atoms with Gasteiger partial charge < -0.3 is 0 Å². The molecule has 0 spiro atoms. The SMILES string of the molecule is Cc1ccc(C(=O)CCN2CCCC[C@@H]2Cn2ccnn2)cc1. The maximum atomic E-state index is 12.4. The van der Waals surface area contributed by atoms with Gasteiger partial charge in [0, 0.05) is 30.8 Å². The number of ketones is 1. The molecule has 1 aromatic heterocycles. The summed E-state index contributed by atoms with van der Waals surface area (Å²) in [6.07, 6.45) is 7.84. The molecule has 0 N–H and O–H groups in total. The predicted molar refractivity (Wildman–Crippen MR) is 89.4 cm³/mol. The van der Waals surface area contributed by atoms with E-state index >= 15 is 0 Å². The third-order valence-electron chi connectivity index (χ3n) is 4.62. The maximum absolute atomic E-state index is 12.4. The summed E-state index contributed by atoms with van der Waals surface area (Å²) in [5, 5.41) is 7.94. The number of aryl methyl sites for hydroxylation is 1. The fourth-order valence-corrected chi connectivity index (χ4v) is 3.24. The van der Waals surface area contributed by atoms with E-state index < -0.39 is 0 Å². The van der Waals surface area contributed by atoms with Crippen LogP contribution in [0.5, 0.6) is 0 Å². The summed E-state index contributed by atoms with van der Waals surface area (Å²) in [5.74, 6) is 0.232. The van der Waals surface area contributed by atoms with Crippen molar-refractivity contribution in [2.24, 2.45) is 0 Å². The topological polar surface area (TPSA) is 51.0 Å². The molecule has 0 unspecified atom stereocenters. The van der Waals surface area contributed by atoms with Gasteiger partial charge in [0.05, 0.1) is 12.7 Å². The second-order valence-corrected chi connectivity index (χ2v) is 6.35. The molecule has 1 fully saturated rings. The van der Waals surface area contributed by atoms with E-state index in [4.69, 9.17) is 0 Å². The molecule has 1 aromatic carbocycles. The lowest BCUT2D eigenvalue weighted by Crippen LogP contribution is -2.43. The zero-order chi connectivity index (χ0) is 16.1. The fourth-order valence-electron chi connectivity index (χ4n) is 3.24. The number of likely N-dealkylation sites (tertiary alicyclic amines) is 1. The van der Waals surface area contributed by atoms with E-state index in [1.165, 1.54) is 24.8 Å². The molecule has 0 aliphatic carbocycles. The molecule has 1 aliphatic heterocycles. The van der Waals surface area contributed by atoms with E-state index in [-0.39, 0.29) is 5.78 Å². The Bertz CT molecular complexity index is 621. The Balaban J connectivity index is 1.56. The number of hydrogen-bond acceptors (Lipinski definition) is 4. The first-order chi connectivity index (χ1) is 11.2. The van der Waals surface area contributed by atoms with Crippen molar-refractivity contribution < 1.29 is 4.79 Å². The molecule has 0 amide bonds. The first-order valence-corrected chi connectivity index (χ1v) is 8.40. The number of carbonyl (C=O) groups is 1. The summed E-state index contributed by atoms with van der Waals surface area (Å²) >= 11 is 0. The van der Waals surface area contributed by atoms with Crippen LogP contribution >= 0.6 is 0 Å². The summed E-state index contributed by atoms with van der Waals surface area (Å²) < 4.78 is 1.89. The van der Waals surface area contributed by atoms with Gasteiger partial charge in [-0.1, -0.05) is 41.5 Å². The predicted octanol–water partition coefficient (Wildman–Crippen LogP) is 2.71. The molecular weight excluding hydrogens is 288 g/mol.